The van der Waals surface area contributed by atoms with Crippen LogP contribution in [0, 0.1) is 18.6 Å². The lowest BCUT2D eigenvalue weighted by molar-refractivity contribution is -0.150. The number of halogens is 2. The number of nitrogens with one attached hydrogen (secondary N) is 1. The molecule has 0 fully saturated rings. The van der Waals surface area contributed by atoms with Gasteiger partial charge in [0.25, 0.3) is 5.91 Å². The van der Waals surface area contributed by atoms with Crippen molar-refractivity contribution in [3.63, 3.8) is 0 Å². The van der Waals surface area contributed by atoms with Crippen molar-refractivity contribution in [3.8, 4) is 0 Å². The Bertz CT molecular complexity index is 783. The molecule has 25 heavy (non-hydrogen) atoms. The highest BCUT2D eigenvalue weighted by molar-refractivity contribution is 8.00. The molecule has 0 aliphatic heterocycles. The van der Waals surface area contributed by atoms with Crippen LogP contribution >= 0.6 is 11.8 Å². The van der Waals surface area contributed by atoms with Gasteiger partial charge in [0.1, 0.15) is 11.6 Å². The first kappa shape index (κ1) is 18.9. The average molecular weight is 365 g/mol. The lowest BCUT2D eigenvalue weighted by Gasteiger charge is -2.14. The van der Waals surface area contributed by atoms with Gasteiger partial charge in [-0.2, -0.15) is 0 Å². The zero-order chi connectivity index (χ0) is 18.4. The van der Waals surface area contributed by atoms with Crippen LogP contribution in [-0.4, -0.2) is 23.7 Å². The third kappa shape index (κ3) is 5.56. The molecule has 0 radical (unpaired) electrons. The number of carbonyl (C=O) groups excluding carboxylic acids is 2. The summed E-state index contributed by atoms with van der Waals surface area (Å²) in [5.41, 5.74) is 0.731. The minimum Gasteiger partial charge on any atom is -0.452 e. The maximum atomic E-state index is 13.5. The molecule has 0 bridgehead atoms. The van der Waals surface area contributed by atoms with Crippen molar-refractivity contribution in [1.29, 1.82) is 0 Å². The second kappa shape index (κ2) is 8.62. The molecule has 1 N–H and O–H groups in total. The van der Waals surface area contributed by atoms with Gasteiger partial charge in [-0.05, 0) is 37.6 Å². The molecule has 0 spiro atoms. The van der Waals surface area contributed by atoms with Gasteiger partial charge in [-0.15, -0.1) is 11.8 Å². The minimum atomic E-state index is -1.13. The van der Waals surface area contributed by atoms with Gasteiger partial charge >= 0.3 is 5.97 Å². The molecule has 2 aromatic carbocycles. The molecule has 0 aliphatic carbocycles. The van der Waals surface area contributed by atoms with Crippen LogP contribution in [0.1, 0.15) is 12.5 Å². The normalized spacial score (nSPS) is 11.7. The highest BCUT2D eigenvalue weighted by atomic mass is 32.2. The molecular formula is C18H17F2NO3S. The fourth-order valence-electron chi connectivity index (χ4n) is 1.97. The van der Waals surface area contributed by atoms with Crippen molar-refractivity contribution >= 4 is 29.3 Å². The fraction of sp³-hybridized carbons (Fsp3) is 0.222. The highest BCUT2D eigenvalue weighted by Gasteiger charge is 2.19. The van der Waals surface area contributed by atoms with E-state index >= 15 is 0 Å². The van der Waals surface area contributed by atoms with Crippen molar-refractivity contribution in [1.82, 2.24) is 0 Å². The van der Waals surface area contributed by atoms with Gasteiger partial charge in [0, 0.05) is 11.0 Å². The molecule has 0 aliphatic rings. The van der Waals surface area contributed by atoms with Crippen LogP contribution in [0.2, 0.25) is 0 Å². The van der Waals surface area contributed by atoms with E-state index in [2.05, 4.69) is 5.32 Å². The standard InChI is InChI=1S/C18H17F2NO3S/c1-11-5-3-4-6-16(11)25-10-17(22)24-12(2)18(23)21-15-9-13(19)7-8-14(15)20/h3-9,12H,10H2,1-2H3,(H,21,23)/t12-/m1/s1. The first-order chi connectivity index (χ1) is 11.9. The fourth-order valence-corrected chi connectivity index (χ4v) is 2.78. The second-order valence-corrected chi connectivity index (χ2v) is 6.32. The largest absolute Gasteiger partial charge is 0.452 e. The molecule has 1 atom stereocenters. The van der Waals surface area contributed by atoms with Gasteiger partial charge in [0.2, 0.25) is 0 Å². The molecule has 2 rings (SSSR count). The molecule has 2 aromatic rings. The van der Waals surface area contributed by atoms with E-state index in [1.807, 2.05) is 31.2 Å². The number of ether oxygens (including phenoxy) is 1. The second-order valence-electron chi connectivity index (χ2n) is 5.30. The van der Waals surface area contributed by atoms with Crippen molar-refractivity contribution in [3.05, 3.63) is 59.7 Å². The average Bonchev–Trinajstić information content (AvgIpc) is 2.57. The summed E-state index contributed by atoms with van der Waals surface area (Å²) >= 11 is 1.30. The smallest absolute Gasteiger partial charge is 0.317 e. The lowest BCUT2D eigenvalue weighted by Crippen LogP contribution is -2.30. The number of thioether (sulfide) groups is 1. The molecule has 0 aromatic heterocycles. The predicted octanol–water partition coefficient (Wildman–Crippen LogP) is 3.94. The topological polar surface area (TPSA) is 55.4 Å². The molecule has 7 heteroatoms. The number of benzene rings is 2. The predicted molar refractivity (Wildman–Crippen MR) is 92.4 cm³/mol. The van der Waals surface area contributed by atoms with Crippen molar-refractivity contribution in [2.45, 2.75) is 24.8 Å². The Morgan fingerprint density at radius 1 is 1.20 bits per heavy atom. The molecule has 4 nitrogen and oxygen atoms in total. The Kier molecular flexibility index (Phi) is 6.52. The van der Waals surface area contributed by atoms with E-state index in [-0.39, 0.29) is 11.4 Å². The summed E-state index contributed by atoms with van der Waals surface area (Å²) in [6.45, 7) is 3.29. The SMILES string of the molecule is Cc1ccccc1SCC(=O)O[C@H](C)C(=O)Nc1cc(F)ccc1F. The Hall–Kier alpha value is -2.41. The number of esters is 1. The number of rotatable bonds is 6. The molecule has 1 amide bonds. The Morgan fingerprint density at radius 2 is 1.92 bits per heavy atom. The van der Waals surface area contributed by atoms with Gasteiger partial charge in [-0.3, -0.25) is 9.59 Å². The van der Waals surface area contributed by atoms with Crippen LogP contribution in [0.25, 0.3) is 0 Å². The number of hydrogen-bond donors (Lipinski definition) is 1. The van der Waals surface area contributed by atoms with Gasteiger partial charge in [0.15, 0.2) is 6.10 Å². The summed E-state index contributed by atoms with van der Waals surface area (Å²) in [5.74, 6) is -2.73. The van der Waals surface area contributed by atoms with Gasteiger partial charge < -0.3 is 10.1 Å². The number of anilines is 1. The summed E-state index contributed by atoms with van der Waals surface area (Å²) in [7, 11) is 0. The summed E-state index contributed by atoms with van der Waals surface area (Å²) in [5, 5.41) is 2.20. The molecule has 132 valence electrons. The van der Waals surface area contributed by atoms with Crippen molar-refractivity contribution in [2.75, 3.05) is 11.1 Å². The van der Waals surface area contributed by atoms with Crippen LogP contribution in [-0.2, 0) is 14.3 Å². The van der Waals surface area contributed by atoms with E-state index in [1.54, 1.807) is 0 Å². The van der Waals surface area contributed by atoms with E-state index in [1.165, 1.54) is 18.7 Å². The van der Waals surface area contributed by atoms with Crippen LogP contribution < -0.4 is 5.32 Å². The van der Waals surface area contributed by atoms with Crippen molar-refractivity contribution < 1.29 is 23.1 Å². The van der Waals surface area contributed by atoms with Crippen LogP contribution in [0.15, 0.2) is 47.4 Å². The van der Waals surface area contributed by atoms with Gasteiger partial charge in [-0.1, -0.05) is 18.2 Å². The zero-order valence-corrected chi connectivity index (χ0v) is 14.5. The van der Waals surface area contributed by atoms with E-state index in [9.17, 15) is 18.4 Å². The number of carbonyl (C=O) groups is 2. The Balaban J connectivity index is 1.87. The summed E-state index contributed by atoms with van der Waals surface area (Å²) in [6.07, 6.45) is -1.13. The van der Waals surface area contributed by atoms with Crippen molar-refractivity contribution in [2.24, 2.45) is 0 Å². The number of hydrogen-bond acceptors (Lipinski definition) is 4. The van der Waals surface area contributed by atoms with E-state index in [4.69, 9.17) is 4.74 Å². The molecule has 0 saturated heterocycles. The third-order valence-electron chi connectivity index (χ3n) is 3.30. The van der Waals surface area contributed by atoms with Crippen LogP contribution in [0.5, 0.6) is 0 Å². The Morgan fingerprint density at radius 3 is 2.64 bits per heavy atom. The first-order valence-corrected chi connectivity index (χ1v) is 8.49. The third-order valence-corrected chi connectivity index (χ3v) is 4.45. The summed E-state index contributed by atoms with van der Waals surface area (Å²) in [6, 6.07) is 10.3. The number of amides is 1. The quantitative estimate of drug-likeness (QED) is 0.622. The minimum absolute atomic E-state index is 0.0385. The molecule has 0 heterocycles. The van der Waals surface area contributed by atoms with Gasteiger partial charge in [0.05, 0.1) is 11.4 Å². The van der Waals surface area contributed by atoms with Gasteiger partial charge in [-0.25, -0.2) is 8.78 Å². The molecule has 0 saturated carbocycles. The summed E-state index contributed by atoms with van der Waals surface area (Å²) < 4.78 is 31.6. The number of aryl methyl sites for hydroxylation is 1. The monoisotopic (exact) mass is 365 g/mol. The van der Waals surface area contributed by atoms with Crippen LogP contribution in [0.3, 0.4) is 0 Å². The lowest BCUT2D eigenvalue weighted by atomic mass is 10.2. The molecule has 0 unspecified atom stereocenters. The highest BCUT2D eigenvalue weighted by Crippen LogP contribution is 2.22. The maximum absolute atomic E-state index is 13.5. The summed E-state index contributed by atoms with van der Waals surface area (Å²) in [4.78, 5) is 24.8. The first-order valence-electron chi connectivity index (χ1n) is 7.50. The zero-order valence-electron chi connectivity index (χ0n) is 13.7. The van der Waals surface area contributed by atoms with E-state index in [0.29, 0.717) is 0 Å². The maximum Gasteiger partial charge on any atom is 0.317 e. The van der Waals surface area contributed by atoms with E-state index in [0.717, 1.165) is 28.7 Å². The molecular weight excluding hydrogens is 348 g/mol. The Labute approximate surface area is 148 Å². The van der Waals surface area contributed by atoms with E-state index < -0.39 is 29.6 Å². The van der Waals surface area contributed by atoms with Crippen LogP contribution in [0.4, 0.5) is 14.5 Å².